The second kappa shape index (κ2) is 15.3. The molecule has 0 radical (unpaired) electrons. The van der Waals surface area contributed by atoms with Crippen molar-refractivity contribution < 1.29 is 29.1 Å². The second-order valence-electron chi connectivity index (χ2n) is 11.0. The zero-order chi connectivity index (χ0) is 29.9. The fourth-order valence-electron chi connectivity index (χ4n) is 5.62. The summed E-state index contributed by atoms with van der Waals surface area (Å²) in [5.74, 6) is -1.88. The molecule has 0 aliphatic carbocycles. The van der Waals surface area contributed by atoms with Crippen molar-refractivity contribution in [2.75, 3.05) is 13.2 Å². The Morgan fingerprint density at radius 1 is 0.738 bits per heavy atom. The predicted molar refractivity (Wildman–Crippen MR) is 156 cm³/mol. The molecule has 0 aromatic heterocycles. The topological polar surface area (TPSA) is 145 Å². The minimum absolute atomic E-state index is 0.209. The van der Waals surface area contributed by atoms with E-state index in [1.807, 2.05) is 60.7 Å². The summed E-state index contributed by atoms with van der Waals surface area (Å²) >= 11 is 0. The average Bonchev–Trinajstić information content (AvgIpc) is 3.50. The van der Waals surface area contributed by atoms with E-state index in [1.54, 1.807) is 0 Å². The Labute approximate surface area is 246 Å². The van der Waals surface area contributed by atoms with Gasteiger partial charge in [-0.25, -0.2) is 0 Å². The number of rotatable bonds is 11. The molecule has 2 aromatic carbocycles. The lowest BCUT2D eigenvalue weighted by Crippen LogP contribution is -2.61. The van der Waals surface area contributed by atoms with Crippen LogP contribution < -0.4 is 16.0 Å². The molecule has 2 heterocycles. The highest BCUT2D eigenvalue weighted by Gasteiger charge is 2.40. The molecule has 0 saturated carbocycles. The lowest BCUT2D eigenvalue weighted by atomic mass is 10.00. The summed E-state index contributed by atoms with van der Waals surface area (Å²) in [6.45, 7) is -0.101. The van der Waals surface area contributed by atoms with Gasteiger partial charge in [-0.05, 0) is 36.8 Å². The summed E-state index contributed by atoms with van der Waals surface area (Å²) < 4.78 is 0. The van der Waals surface area contributed by atoms with E-state index < -0.39 is 42.6 Å². The summed E-state index contributed by atoms with van der Waals surface area (Å²) in [4.78, 5) is 67.7. The highest BCUT2D eigenvalue weighted by molar-refractivity contribution is 5.98. The van der Waals surface area contributed by atoms with Gasteiger partial charge in [-0.1, -0.05) is 73.5 Å². The van der Waals surface area contributed by atoms with Crippen molar-refractivity contribution in [2.24, 2.45) is 0 Å². The number of amides is 4. The molecule has 2 fully saturated rings. The van der Waals surface area contributed by atoms with Crippen molar-refractivity contribution in [1.82, 2.24) is 20.9 Å². The molecule has 10 nitrogen and oxygen atoms in total. The van der Waals surface area contributed by atoms with Crippen LogP contribution in [-0.2, 0) is 36.8 Å². The molecule has 4 rings (SSSR count). The number of aliphatic hydroxyl groups is 1. The highest BCUT2D eigenvalue weighted by atomic mass is 16.3. The van der Waals surface area contributed by atoms with Crippen LogP contribution in [0.3, 0.4) is 0 Å². The van der Waals surface area contributed by atoms with Gasteiger partial charge >= 0.3 is 0 Å². The molecule has 0 spiro atoms. The van der Waals surface area contributed by atoms with Gasteiger partial charge in [-0.15, -0.1) is 0 Å². The number of carbonyl (C=O) groups is 5. The summed E-state index contributed by atoms with van der Waals surface area (Å²) in [5.41, 5.74) is 1.71. The number of ketones is 1. The van der Waals surface area contributed by atoms with Crippen LogP contribution in [0.1, 0.15) is 56.1 Å². The third kappa shape index (κ3) is 8.48. The normalized spacial score (nSPS) is 23.2. The molecule has 4 N–H and O–H groups in total. The van der Waals surface area contributed by atoms with Crippen LogP contribution in [0.4, 0.5) is 0 Å². The zero-order valence-electron chi connectivity index (χ0n) is 23.8. The van der Waals surface area contributed by atoms with Gasteiger partial charge in [0.05, 0.1) is 0 Å². The molecule has 10 heteroatoms. The smallest absolute Gasteiger partial charge is 0.246 e. The van der Waals surface area contributed by atoms with Crippen molar-refractivity contribution in [3.8, 4) is 0 Å². The molecule has 0 bridgehead atoms. The van der Waals surface area contributed by atoms with Gasteiger partial charge in [0.15, 0.2) is 5.78 Å². The third-order valence-corrected chi connectivity index (χ3v) is 7.91. The first-order valence-corrected chi connectivity index (χ1v) is 14.8. The van der Waals surface area contributed by atoms with Crippen LogP contribution in [0.15, 0.2) is 60.7 Å². The first-order valence-electron chi connectivity index (χ1n) is 14.8. The van der Waals surface area contributed by atoms with Crippen LogP contribution in [0, 0.1) is 0 Å². The number of nitrogens with one attached hydrogen (secondary N) is 3. The number of benzene rings is 2. The number of Topliss-reactive ketones (excluding diaryl/α,β-unsaturated/α-hetero) is 1. The highest BCUT2D eigenvalue weighted by Crippen LogP contribution is 2.21. The monoisotopic (exact) mass is 576 g/mol. The molecule has 4 atom stereocenters. The van der Waals surface area contributed by atoms with Gasteiger partial charge in [-0.3, -0.25) is 24.0 Å². The van der Waals surface area contributed by atoms with E-state index in [9.17, 15) is 24.0 Å². The second-order valence-corrected chi connectivity index (χ2v) is 11.0. The van der Waals surface area contributed by atoms with Gasteiger partial charge in [0.2, 0.25) is 23.6 Å². The van der Waals surface area contributed by atoms with Crippen LogP contribution in [0.2, 0.25) is 0 Å². The first-order chi connectivity index (χ1) is 20.4. The molecule has 224 valence electrons. The molecule has 2 aromatic rings. The number of carbonyl (C=O) groups excluding carboxylic acids is 5. The van der Waals surface area contributed by atoms with Crippen molar-refractivity contribution >= 4 is 29.4 Å². The van der Waals surface area contributed by atoms with E-state index in [-0.39, 0.29) is 36.9 Å². The van der Waals surface area contributed by atoms with Crippen LogP contribution >= 0.6 is 0 Å². The Bertz CT molecular complexity index is 1240. The Balaban J connectivity index is 1.59. The van der Waals surface area contributed by atoms with Gasteiger partial charge in [0.25, 0.3) is 0 Å². The Hall–Kier alpha value is -4.05. The van der Waals surface area contributed by atoms with Crippen molar-refractivity contribution in [2.45, 2.75) is 82.0 Å². The first kappa shape index (κ1) is 30.9. The molecule has 1 unspecified atom stereocenters. The summed E-state index contributed by atoms with van der Waals surface area (Å²) in [5, 5.41) is 17.6. The van der Waals surface area contributed by atoms with Gasteiger partial charge < -0.3 is 26.0 Å². The molecular weight excluding hydrogens is 536 g/mol. The third-order valence-electron chi connectivity index (χ3n) is 7.91. The molecular formula is C32H40N4O6. The molecule has 42 heavy (non-hydrogen) atoms. The van der Waals surface area contributed by atoms with Crippen LogP contribution in [0.25, 0.3) is 0 Å². The summed E-state index contributed by atoms with van der Waals surface area (Å²) in [6, 6.07) is 15.2. The van der Waals surface area contributed by atoms with Gasteiger partial charge in [-0.2, -0.15) is 0 Å². The zero-order valence-corrected chi connectivity index (χ0v) is 23.8. The fourth-order valence-corrected chi connectivity index (χ4v) is 5.62. The van der Waals surface area contributed by atoms with E-state index in [1.165, 1.54) is 4.90 Å². The van der Waals surface area contributed by atoms with E-state index in [0.717, 1.165) is 11.1 Å². The molecule has 4 amide bonds. The summed E-state index contributed by atoms with van der Waals surface area (Å²) in [6.07, 6.45) is 3.89. The molecule has 2 aliphatic heterocycles. The number of fused-ring (bicyclic) bond motifs is 1. The van der Waals surface area contributed by atoms with Gasteiger partial charge in [0, 0.05) is 25.8 Å². The predicted octanol–water partition coefficient (Wildman–Crippen LogP) is 1.44. The Morgan fingerprint density at radius 2 is 1.31 bits per heavy atom. The Kier molecular flexibility index (Phi) is 11.2. The maximum absolute atomic E-state index is 13.9. The molecule has 2 aliphatic rings. The fraction of sp³-hybridized carbons (Fsp3) is 0.469. The minimum atomic E-state index is -0.971. The maximum atomic E-state index is 13.9. The number of nitrogens with zero attached hydrogens (tertiary/aromatic N) is 1. The van der Waals surface area contributed by atoms with Crippen molar-refractivity contribution in [3.63, 3.8) is 0 Å². The maximum Gasteiger partial charge on any atom is 0.246 e. The average molecular weight is 577 g/mol. The lowest BCUT2D eigenvalue weighted by Gasteiger charge is -2.32. The van der Waals surface area contributed by atoms with E-state index in [2.05, 4.69) is 16.0 Å². The number of hydrogen-bond donors (Lipinski definition) is 4. The summed E-state index contributed by atoms with van der Waals surface area (Å²) in [7, 11) is 0. The van der Waals surface area contributed by atoms with Crippen LogP contribution in [-0.4, -0.2) is 76.7 Å². The van der Waals surface area contributed by atoms with Crippen LogP contribution in [0.5, 0.6) is 0 Å². The van der Waals surface area contributed by atoms with E-state index in [4.69, 9.17) is 5.11 Å². The largest absolute Gasteiger partial charge is 0.389 e. The number of unbranched alkanes of at least 4 members (excludes halogenated alkanes) is 2. The van der Waals surface area contributed by atoms with E-state index >= 15 is 0 Å². The quantitative estimate of drug-likeness (QED) is 0.298. The van der Waals surface area contributed by atoms with Gasteiger partial charge in [0.1, 0.15) is 30.8 Å². The number of aliphatic hydroxyl groups excluding tert-OH is 1. The van der Waals surface area contributed by atoms with Crippen molar-refractivity contribution in [3.05, 3.63) is 71.8 Å². The van der Waals surface area contributed by atoms with E-state index in [0.29, 0.717) is 45.1 Å². The minimum Gasteiger partial charge on any atom is -0.389 e. The standard InChI is InChI=1S/C32H40N4O6/c37-21-24(38)15-8-3-9-16-25-29(39)34-26(19-22-11-4-1-5-12-22)30(40)35-27(20-23-13-6-2-7-14-23)32(42)36-18-10-17-28(36)31(41)33-25/h1-2,4-7,11-14,25-28,37H,3,8-10,15-21H2,(H,33,41)(H,34,39)(H,35,40)/t25-,26-,27-,28?/m0/s1. The molecule has 2 saturated heterocycles. The van der Waals surface area contributed by atoms with Crippen molar-refractivity contribution in [1.29, 1.82) is 0 Å². The lowest BCUT2D eigenvalue weighted by molar-refractivity contribution is -0.143. The number of hydrogen-bond acceptors (Lipinski definition) is 6. The Morgan fingerprint density at radius 3 is 1.95 bits per heavy atom. The SMILES string of the molecule is O=C(CO)CCCCC[C@@H]1NC(=O)C2CCCN2C(=O)[C@H](Cc2ccccc2)NC(=O)[C@H](Cc2ccccc2)NC1=O.